The van der Waals surface area contributed by atoms with Gasteiger partial charge in [-0.25, -0.2) is 0 Å². The van der Waals surface area contributed by atoms with Crippen LogP contribution in [0.2, 0.25) is 5.02 Å². The van der Waals surface area contributed by atoms with Crippen LogP contribution in [0.3, 0.4) is 0 Å². The first-order valence-corrected chi connectivity index (χ1v) is 5.51. The van der Waals surface area contributed by atoms with Crippen LogP contribution in [0.4, 0.5) is 0 Å². The van der Waals surface area contributed by atoms with Crippen molar-refractivity contribution in [3.8, 4) is 0 Å². The van der Waals surface area contributed by atoms with Gasteiger partial charge in [0.25, 0.3) is 0 Å². The monoisotopic (exact) mass is 241 g/mol. The van der Waals surface area contributed by atoms with Gasteiger partial charge in [-0.05, 0) is 24.1 Å². The Bertz CT molecular complexity index is 381. The molecule has 1 aromatic rings. The fraction of sp³-hybridized carbons (Fsp3) is 0.417. The van der Waals surface area contributed by atoms with E-state index in [4.69, 9.17) is 17.3 Å². The second kappa shape index (κ2) is 5.32. The quantitative estimate of drug-likeness (QED) is 0.824. The predicted octanol–water partition coefficient (Wildman–Crippen LogP) is 2.47. The van der Waals surface area contributed by atoms with Gasteiger partial charge in [0, 0.05) is 5.02 Å². The lowest BCUT2D eigenvalue weighted by atomic mass is 9.85. The normalized spacial score (nSPS) is 14.2. The smallest absolute Gasteiger partial charge is 0.307 e. The van der Waals surface area contributed by atoms with Crippen LogP contribution in [0.15, 0.2) is 24.3 Å². The maximum atomic E-state index is 11.3. The molecule has 1 aromatic carbocycles. The lowest BCUT2D eigenvalue weighted by Gasteiger charge is -2.27. The first kappa shape index (κ1) is 13.0. The van der Waals surface area contributed by atoms with Crippen molar-refractivity contribution in [3.63, 3.8) is 0 Å². The van der Waals surface area contributed by atoms with Gasteiger partial charge in [0.2, 0.25) is 0 Å². The van der Waals surface area contributed by atoms with E-state index in [1.165, 1.54) is 7.11 Å². The minimum Gasteiger partial charge on any atom is -0.469 e. The number of hydrogen-bond acceptors (Lipinski definition) is 3. The van der Waals surface area contributed by atoms with E-state index < -0.39 is 5.54 Å². The number of rotatable bonds is 4. The van der Waals surface area contributed by atoms with Gasteiger partial charge >= 0.3 is 5.97 Å². The van der Waals surface area contributed by atoms with Gasteiger partial charge in [-0.2, -0.15) is 0 Å². The SMILES string of the molecule is CCC(N)(CC(=O)OC)c1cccc(Cl)c1. The second-order valence-corrected chi connectivity index (χ2v) is 4.21. The molecule has 88 valence electrons. The van der Waals surface area contributed by atoms with Crippen LogP contribution in [-0.4, -0.2) is 13.1 Å². The van der Waals surface area contributed by atoms with E-state index in [0.29, 0.717) is 11.4 Å². The lowest BCUT2D eigenvalue weighted by molar-refractivity contribution is -0.142. The first-order valence-electron chi connectivity index (χ1n) is 5.13. The first-order chi connectivity index (χ1) is 7.51. The lowest BCUT2D eigenvalue weighted by Crippen LogP contribution is -2.38. The van der Waals surface area contributed by atoms with Crippen molar-refractivity contribution in [2.45, 2.75) is 25.3 Å². The Morgan fingerprint density at radius 1 is 1.56 bits per heavy atom. The van der Waals surface area contributed by atoms with Crippen molar-refractivity contribution in [1.82, 2.24) is 0 Å². The highest BCUT2D eigenvalue weighted by Gasteiger charge is 2.29. The molecule has 0 saturated carbocycles. The summed E-state index contributed by atoms with van der Waals surface area (Å²) in [4.78, 5) is 11.3. The zero-order chi connectivity index (χ0) is 12.2. The highest BCUT2D eigenvalue weighted by Crippen LogP contribution is 2.28. The molecule has 4 heteroatoms. The van der Waals surface area contributed by atoms with Crippen molar-refractivity contribution >= 4 is 17.6 Å². The number of methoxy groups -OCH3 is 1. The van der Waals surface area contributed by atoms with Crippen LogP contribution < -0.4 is 5.73 Å². The number of carbonyl (C=O) groups is 1. The Morgan fingerprint density at radius 2 is 2.25 bits per heavy atom. The van der Waals surface area contributed by atoms with Gasteiger partial charge in [0.1, 0.15) is 0 Å². The molecule has 16 heavy (non-hydrogen) atoms. The van der Waals surface area contributed by atoms with Crippen LogP contribution in [0.25, 0.3) is 0 Å². The number of benzene rings is 1. The predicted molar refractivity (Wildman–Crippen MR) is 64.2 cm³/mol. The Balaban J connectivity index is 2.99. The molecule has 0 aliphatic heterocycles. The molecule has 1 rings (SSSR count). The molecule has 0 aliphatic carbocycles. The molecule has 0 aliphatic rings. The van der Waals surface area contributed by atoms with E-state index >= 15 is 0 Å². The topological polar surface area (TPSA) is 52.3 Å². The van der Waals surface area contributed by atoms with Crippen LogP contribution in [0.5, 0.6) is 0 Å². The number of nitrogens with two attached hydrogens (primary N) is 1. The minimum atomic E-state index is -0.710. The van der Waals surface area contributed by atoms with Crippen LogP contribution in [-0.2, 0) is 15.1 Å². The van der Waals surface area contributed by atoms with Gasteiger partial charge in [-0.3, -0.25) is 4.79 Å². The summed E-state index contributed by atoms with van der Waals surface area (Å²) in [6.07, 6.45) is 0.794. The molecule has 2 N–H and O–H groups in total. The third kappa shape index (κ3) is 2.97. The highest BCUT2D eigenvalue weighted by atomic mass is 35.5. The van der Waals surface area contributed by atoms with Crippen LogP contribution in [0, 0.1) is 0 Å². The average Bonchev–Trinajstić information content (AvgIpc) is 2.28. The summed E-state index contributed by atoms with van der Waals surface area (Å²) >= 11 is 5.91. The molecule has 0 fully saturated rings. The zero-order valence-electron chi connectivity index (χ0n) is 9.50. The standard InChI is InChI=1S/C12H16ClNO2/c1-3-12(14,8-11(15)16-2)9-5-4-6-10(13)7-9/h4-7H,3,8,14H2,1-2H3. The van der Waals surface area contributed by atoms with Gasteiger partial charge < -0.3 is 10.5 Å². The number of esters is 1. The zero-order valence-corrected chi connectivity index (χ0v) is 10.3. The van der Waals surface area contributed by atoms with E-state index in [1.54, 1.807) is 12.1 Å². The maximum Gasteiger partial charge on any atom is 0.307 e. The van der Waals surface area contributed by atoms with Crippen LogP contribution in [0.1, 0.15) is 25.3 Å². The molecule has 0 bridgehead atoms. The van der Waals surface area contributed by atoms with Crippen molar-refractivity contribution in [2.24, 2.45) is 5.73 Å². The third-order valence-electron chi connectivity index (χ3n) is 2.72. The summed E-state index contributed by atoms with van der Waals surface area (Å²) in [5.74, 6) is -0.315. The number of hydrogen-bond donors (Lipinski definition) is 1. The summed E-state index contributed by atoms with van der Waals surface area (Å²) in [6.45, 7) is 1.93. The number of halogens is 1. The molecule has 1 unspecified atom stereocenters. The van der Waals surface area contributed by atoms with Gasteiger partial charge in [-0.15, -0.1) is 0 Å². The van der Waals surface area contributed by atoms with E-state index in [1.807, 2.05) is 19.1 Å². The molecule has 0 saturated heterocycles. The molecule has 0 radical (unpaired) electrons. The summed E-state index contributed by atoms with van der Waals surface area (Å²) < 4.78 is 4.65. The van der Waals surface area contributed by atoms with Crippen molar-refractivity contribution < 1.29 is 9.53 Å². The largest absolute Gasteiger partial charge is 0.469 e. The number of ether oxygens (including phenoxy) is 1. The third-order valence-corrected chi connectivity index (χ3v) is 2.95. The molecule has 1 atom stereocenters. The molecular weight excluding hydrogens is 226 g/mol. The Hall–Kier alpha value is -1.06. The van der Waals surface area contributed by atoms with Crippen molar-refractivity contribution in [3.05, 3.63) is 34.9 Å². The average molecular weight is 242 g/mol. The highest BCUT2D eigenvalue weighted by molar-refractivity contribution is 6.30. The Labute approximate surface area is 101 Å². The van der Waals surface area contributed by atoms with E-state index in [2.05, 4.69) is 4.74 Å². The summed E-state index contributed by atoms with van der Waals surface area (Å²) in [6, 6.07) is 7.26. The molecule has 0 amide bonds. The fourth-order valence-electron chi connectivity index (χ4n) is 1.56. The van der Waals surface area contributed by atoms with Crippen molar-refractivity contribution in [2.75, 3.05) is 7.11 Å². The fourth-order valence-corrected chi connectivity index (χ4v) is 1.75. The summed E-state index contributed by atoms with van der Waals surface area (Å²) in [5.41, 5.74) is 6.35. The Kier molecular flexibility index (Phi) is 4.33. The second-order valence-electron chi connectivity index (χ2n) is 3.77. The van der Waals surface area contributed by atoms with Gasteiger partial charge in [0.15, 0.2) is 0 Å². The summed E-state index contributed by atoms with van der Waals surface area (Å²) in [7, 11) is 1.36. The summed E-state index contributed by atoms with van der Waals surface area (Å²) in [5, 5.41) is 0.616. The molecular formula is C12H16ClNO2. The Morgan fingerprint density at radius 3 is 2.75 bits per heavy atom. The molecule has 3 nitrogen and oxygen atoms in total. The van der Waals surface area contributed by atoms with E-state index in [-0.39, 0.29) is 12.4 Å². The van der Waals surface area contributed by atoms with Crippen LogP contribution >= 0.6 is 11.6 Å². The maximum absolute atomic E-state index is 11.3. The minimum absolute atomic E-state index is 0.153. The van der Waals surface area contributed by atoms with Gasteiger partial charge in [-0.1, -0.05) is 30.7 Å². The van der Waals surface area contributed by atoms with E-state index in [0.717, 1.165) is 5.56 Å². The molecule has 0 aromatic heterocycles. The molecule has 0 spiro atoms. The van der Waals surface area contributed by atoms with Gasteiger partial charge in [0.05, 0.1) is 19.1 Å². The number of carbonyl (C=O) groups excluding carboxylic acids is 1. The molecule has 0 heterocycles. The van der Waals surface area contributed by atoms with Crippen molar-refractivity contribution in [1.29, 1.82) is 0 Å². The van der Waals surface area contributed by atoms with E-state index in [9.17, 15) is 4.79 Å².